The smallest absolute Gasteiger partial charge is 0.242 e. The van der Waals surface area contributed by atoms with Crippen LogP contribution in [0.15, 0.2) is 36.4 Å². The first-order valence-corrected chi connectivity index (χ1v) is 14.7. The van der Waals surface area contributed by atoms with E-state index >= 15 is 0 Å². The Morgan fingerprint density at radius 3 is 2.56 bits per heavy atom. The van der Waals surface area contributed by atoms with Crippen LogP contribution in [0.1, 0.15) is 64.8 Å². The van der Waals surface area contributed by atoms with Crippen LogP contribution in [0, 0.1) is 13.8 Å². The molecule has 1 aromatic carbocycles. The summed E-state index contributed by atoms with van der Waals surface area (Å²) in [7, 11) is 0. The van der Waals surface area contributed by atoms with Crippen LogP contribution in [0.25, 0.3) is 32.7 Å². The molecule has 1 saturated heterocycles. The van der Waals surface area contributed by atoms with E-state index in [4.69, 9.17) is 9.72 Å². The zero-order valence-corrected chi connectivity index (χ0v) is 23.4. The highest BCUT2D eigenvalue weighted by molar-refractivity contribution is 7.15. The van der Waals surface area contributed by atoms with Gasteiger partial charge in [-0.1, -0.05) is 31.4 Å². The minimum atomic E-state index is 0.0239. The number of amides is 1. The number of pyridine rings is 1. The fourth-order valence-corrected chi connectivity index (χ4v) is 7.01. The Labute approximate surface area is 232 Å². The van der Waals surface area contributed by atoms with E-state index in [0.717, 1.165) is 62.6 Å². The number of benzene rings is 1. The molecule has 1 saturated carbocycles. The molecule has 0 spiro atoms. The fourth-order valence-electron chi connectivity index (χ4n) is 6.12. The third-order valence-corrected chi connectivity index (χ3v) is 9.18. The number of morpholine rings is 1. The lowest BCUT2D eigenvalue weighted by Crippen LogP contribution is -2.42. The molecule has 0 atom stereocenters. The summed E-state index contributed by atoms with van der Waals surface area (Å²) in [5.74, 6) is 0.414. The molecular weight excluding hydrogens is 508 g/mol. The molecule has 0 N–H and O–H groups in total. The Morgan fingerprint density at radius 2 is 1.85 bits per heavy atom. The Hall–Kier alpha value is -3.36. The Balaban J connectivity index is 1.43. The molecule has 202 valence electrons. The van der Waals surface area contributed by atoms with Gasteiger partial charge in [-0.15, -0.1) is 11.3 Å². The van der Waals surface area contributed by atoms with E-state index in [0.29, 0.717) is 37.9 Å². The number of hydrogen-bond donors (Lipinski definition) is 0. The van der Waals surface area contributed by atoms with Gasteiger partial charge in [-0.3, -0.25) is 9.59 Å². The van der Waals surface area contributed by atoms with Gasteiger partial charge in [0, 0.05) is 18.5 Å². The first kappa shape index (κ1) is 25.9. The molecule has 39 heavy (non-hydrogen) atoms. The van der Waals surface area contributed by atoms with Crippen molar-refractivity contribution in [1.82, 2.24) is 19.4 Å². The monoisotopic (exact) mass is 542 g/mol. The van der Waals surface area contributed by atoms with E-state index in [1.807, 2.05) is 29.4 Å². The summed E-state index contributed by atoms with van der Waals surface area (Å²) in [6.07, 6.45) is 6.76. The third kappa shape index (κ3) is 5.15. The molecule has 0 radical (unpaired) electrons. The highest BCUT2D eigenvalue weighted by Gasteiger charge is 2.27. The lowest BCUT2D eigenvalue weighted by Gasteiger charge is -2.28. The average Bonchev–Trinajstić information content (AvgIpc) is 3.51. The second-order valence-corrected chi connectivity index (χ2v) is 11.9. The maximum absolute atomic E-state index is 13.3. The van der Waals surface area contributed by atoms with Gasteiger partial charge in [0.05, 0.1) is 51.4 Å². The fraction of sp³-hybridized carbons (Fsp3) is 0.419. The van der Waals surface area contributed by atoms with Gasteiger partial charge in [-0.2, -0.15) is 0 Å². The lowest BCUT2D eigenvalue weighted by atomic mass is 9.83. The van der Waals surface area contributed by atoms with Gasteiger partial charge in [0.2, 0.25) is 5.91 Å². The van der Waals surface area contributed by atoms with Gasteiger partial charge < -0.3 is 14.2 Å². The van der Waals surface area contributed by atoms with Crippen LogP contribution >= 0.6 is 11.3 Å². The van der Waals surface area contributed by atoms with Crippen molar-refractivity contribution in [3.63, 3.8) is 0 Å². The molecule has 0 bridgehead atoms. The summed E-state index contributed by atoms with van der Waals surface area (Å²) in [5.41, 5.74) is 6.61. The van der Waals surface area contributed by atoms with Crippen molar-refractivity contribution in [1.29, 1.82) is 0 Å². The average molecular weight is 543 g/mol. The van der Waals surface area contributed by atoms with E-state index in [-0.39, 0.29) is 12.5 Å². The van der Waals surface area contributed by atoms with Crippen LogP contribution in [0.5, 0.6) is 0 Å². The number of rotatable bonds is 6. The normalized spacial score (nSPS) is 16.6. The van der Waals surface area contributed by atoms with Crippen LogP contribution in [-0.4, -0.2) is 57.9 Å². The summed E-state index contributed by atoms with van der Waals surface area (Å²) in [6.45, 7) is 6.48. The van der Waals surface area contributed by atoms with Gasteiger partial charge >= 0.3 is 0 Å². The van der Waals surface area contributed by atoms with Crippen molar-refractivity contribution in [2.75, 3.05) is 26.3 Å². The predicted molar refractivity (Wildman–Crippen MR) is 154 cm³/mol. The second-order valence-electron chi connectivity index (χ2n) is 10.7. The molecule has 3 aromatic heterocycles. The maximum atomic E-state index is 13.3. The Bertz CT molecular complexity index is 1530. The van der Waals surface area contributed by atoms with E-state index in [2.05, 4.69) is 35.3 Å². The molecule has 6 rings (SSSR count). The van der Waals surface area contributed by atoms with E-state index < -0.39 is 0 Å². The molecular formula is C31H34N4O3S. The minimum absolute atomic E-state index is 0.0239. The number of hydrogen-bond acceptors (Lipinski definition) is 6. The Kier molecular flexibility index (Phi) is 7.32. The zero-order chi connectivity index (χ0) is 26.9. The summed E-state index contributed by atoms with van der Waals surface area (Å²) in [6, 6.07) is 12.5. The molecule has 2 aliphatic rings. The van der Waals surface area contributed by atoms with Gasteiger partial charge in [-0.05, 0) is 68.0 Å². The van der Waals surface area contributed by atoms with Crippen molar-refractivity contribution < 1.29 is 14.3 Å². The van der Waals surface area contributed by atoms with E-state index in [9.17, 15) is 9.59 Å². The molecule has 1 aliphatic heterocycles. The number of ether oxygens (including phenoxy) is 1. The van der Waals surface area contributed by atoms with Crippen molar-refractivity contribution >= 4 is 34.4 Å². The molecule has 4 heterocycles. The predicted octanol–water partition coefficient (Wildman–Crippen LogP) is 6.16. The molecule has 4 aromatic rings. The number of thiazole rings is 1. The maximum Gasteiger partial charge on any atom is 0.242 e. The topological polar surface area (TPSA) is 77.3 Å². The van der Waals surface area contributed by atoms with Gasteiger partial charge in [0.15, 0.2) is 6.29 Å². The molecule has 7 nitrogen and oxygen atoms in total. The van der Waals surface area contributed by atoms with Crippen molar-refractivity contribution in [2.45, 2.75) is 58.4 Å². The molecule has 0 unspecified atom stereocenters. The number of fused-ring (bicyclic) bond motifs is 1. The first-order chi connectivity index (χ1) is 19.0. The van der Waals surface area contributed by atoms with E-state index in [1.165, 1.54) is 24.8 Å². The Morgan fingerprint density at radius 1 is 1.05 bits per heavy atom. The summed E-state index contributed by atoms with van der Waals surface area (Å²) in [4.78, 5) is 38.1. The van der Waals surface area contributed by atoms with Gasteiger partial charge in [0.1, 0.15) is 6.54 Å². The van der Waals surface area contributed by atoms with Crippen molar-refractivity contribution in [3.8, 4) is 21.8 Å². The summed E-state index contributed by atoms with van der Waals surface area (Å²) >= 11 is 1.66. The minimum Gasteiger partial charge on any atom is -0.378 e. The highest BCUT2D eigenvalue weighted by Crippen LogP contribution is 2.41. The first-order valence-electron chi connectivity index (χ1n) is 13.9. The van der Waals surface area contributed by atoms with E-state index in [1.54, 1.807) is 11.3 Å². The zero-order valence-electron chi connectivity index (χ0n) is 22.6. The number of aromatic nitrogens is 3. The quantitative estimate of drug-likeness (QED) is 0.273. The molecule has 8 heteroatoms. The van der Waals surface area contributed by atoms with Crippen LogP contribution in [0.3, 0.4) is 0 Å². The van der Waals surface area contributed by atoms with Crippen molar-refractivity contribution in [2.24, 2.45) is 0 Å². The summed E-state index contributed by atoms with van der Waals surface area (Å²) in [5, 5.41) is 2.07. The SMILES string of the molecule is Cc1nc(C)c(-c2ccc3cc(-c4c(C5CCCCC5)cc(C=O)n4CC(=O)N4CCOCC4)ccc3n2)s1. The van der Waals surface area contributed by atoms with Crippen LogP contribution in [0.2, 0.25) is 0 Å². The largest absolute Gasteiger partial charge is 0.378 e. The van der Waals surface area contributed by atoms with Gasteiger partial charge in [-0.25, -0.2) is 9.97 Å². The van der Waals surface area contributed by atoms with Gasteiger partial charge in [0.25, 0.3) is 0 Å². The standard InChI is InChI=1S/C31H34N4O3S/c1-20-31(39-21(2)32-20)28-11-8-23-16-24(9-10-27(23)33-28)30-26(22-6-4-3-5-7-22)17-25(19-36)35(30)18-29(37)34-12-14-38-15-13-34/h8-11,16-17,19,22H,3-7,12-15,18H2,1-2H3. The number of aryl methyl sites for hydroxylation is 2. The van der Waals surface area contributed by atoms with Crippen LogP contribution in [0.4, 0.5) is 0 Å². The van der Waals surface area contributed by atoms with Crippen molar-refractivity contribution in [3.05, 3.63) is 58.4 Å². The number of aldehydes is 1. The number of carbonyl (C=O) groups is 2. The third-order valence-electron chi connectivity index (χ3n) is 8.08. The lowest BCUT2D eigenvalue weighted by molar-refractivity contribution is -0.135. The molecule has 1 aliphatic carbocycles. The molecule has 1 amide bonds. The second kappa shape index (κ2) is 11.0. The number of nitrogens with zero attached hydrogens (tertiary/aromatic N) is 4. The summed E-state index contributed by atoms with van der Waals surface area (Å²) < 4.78 is 7.39. The highest BCUT2D eigenvalue weighted by atomic mass is 32.1. The number of carbonyl (C=O) groups excluding carboxylic acids is 2. The van der Waals surface area contributed by atoms with Crippen LogP contribution < -0.4 is 0 Å². The molecule has 2 fully saturated rings. The van der Waals surface area contributed by atoms with Crippen LogP contribution in [-0.2, 0) is 16.1 Å².